The molecule has 0 fully saturated rings. The first kappa shape index (κ1) is 26.4. The molecule has 0 aliphatic rings. The van der Waals surface area contributed by atoms with E-state index in [9.17, 15) is 0 Å². The van der Waals surface area contributed by atoms with Crippen molar-refractivity contribution in [2.45, 2.75) is 58.5 Å². The Balaban J connectivity index is 1.45. The molecule has 4 heteroatoms. The van der Waals surface area contributed by atoms with Crippen LogP contribution in [0.25, 0.3) is 28.6 Å². The van der Waals surface area contributed by atoms with E-state index < -0.39 is 0 Å². The predicted octanol–water partition coefficient (Wildman–Crippen LogP) is 8.15. The van der Waals surface area contributed by atoms with E-state index >= 15 is 0 Å². The van der Waals surface area contributed by atoms with Crippen LogP contribution in [0.3, 0.4) is 0 Å². The number of allylic oxidation sites excluding steroid dienone is 1. The summed E-state index contributed by atoms with van der Waals surface area (Å²) in [7, 11) is 0. The third-order valence-corrected chi connectivity index (χ3v) is 5.83. The highest BCUT2D eigenvalue weighted by Crippen LogP contribution is 2.23. The van der Waals surface area contributed by atoms with Crippen LogP contribution < -0.4 is 4.74 Å². The fourth-order valence-corrected chi connectivity index (χ4v) is 3.74. The molecule has 0 aliphatic heterocycles. The molecule has 3 rings (SSSR count). The van der Waals surface area contributed by atoms with Gasteiger partial charge in [0.2, 0.25) is 0 Å². The molecule has 0 radical (unpaired) electrons. The summed E-state index contributed by atoms with van der Waals surface area (Å²) < 4.78 is 11.4. The van der Waals surface area contributed by atoms with Gasteiger partial charge in [0.1, 0.15) is 12.4 Å². The Kier molecular flexibility index (Phi) is 11.2. The minimum atomic E-state index is 0.350. The van der Waals surface area contributed by atoms with Crippen LogP contribution in [0.4, 0.5) is 0 Å². The monoisotopic (exact) mass is 470 g/mol. The lowest BCUT2D eigenvalue weighted by molar-refractivity contribution is 0.0566. The standard InChI is InChI=1S/C31H38N2O2/c1-4-6-10-24-34-25(3)11-8-7-9-12-26-13-15-27(16-14-26)30-21-22-31(33-32-30)28-17-19-29(20-18-28)35-23-5-2/h5,9,12-22,25H,2,4,6-8,10-11,23-24H2,1,3H3/b12-9+. The Morgan fingerprint density at radius 3 is 2.11 bits per heavy atom. The second-order valence-electron chi connectivity index (χ2n) is 8.77. The van der Waals surface area contributed by atoms with E-state index in [2.05, 4.69) is 67.0 Å². The smallest absolute Gasteiger partial charge is 0.119 e. The molecule has 0 spiro atoms. The maximum Gasteiger partial charge on any atom is 0.119 e. The molecule has 0 N–H and O–H groups in total. The van der Waals surface area contributed by atoms with Crippen molar-refractivity contribution in [2.75, 3.05) is 13.2 Å². The molecule has 0 saturated heterocycles. The molecular formula is C31H38N2O2. The van der Waals surface area contributed by atoms with Crippen LogP contribution >= 0.6 is 0 Å². The number of nitrogens with zero attached hydrogens (tertiary/aromatic N) is 2. The van der Waals surface area contributed by atoms with Gasteiger partial charge in [0.25, 0.3) is 0 Å². The molecule has 0 amide bonds. The van der Waals surface area contributed by atoms with Crippen LogP contribution in [-0.2, 0) is 4.74 Å². The summed E-state index contributed by atoms with van der Waals surface area (Å²) in [5.74, 6) is 0.814. The molecular weight excluding hydrogens is 432 g/mol. The van der Waals surface area contributed by atoms with Crippen molar-refractivity contribution in [3.8, 4) is 28.3 Å². The van der Waals surface area contributed by atoms with E-state index in [1.807, 2.05) is 36.4 Å². The third kappa shape index (κ3) is 9.14. The molecule has 1 unspecified atom stereocenters. The van der Waals surface area contributed by atoms with Gasteiger partial charge in [0, 0.05) is 17.7 Å². The topological polar surface area (TPSA) is 44.2 Å². The summed E-state index contributed by atoms with van der Waals surface area (Å²) in [4.78, 5) is 0. The number of ether oxygens (including phenoxy) is 2. The Morgan fingerprint density at radius 1 is 0.857 bits per heavy atom. The maximum absolute atomic E-state index is 5.87. The van der Waals surface area contributed by atoms with E-state index in [1.165, 1.54) is 24.8 Å². The summed E-state index contributed by atoms with van der Waals surface area (Å²) in [6.45, 7) is 9.45. The second-order valence-corrected chi connectivity index (χ2v) is 8.77. The summed E-state index contributed by atoms with van der Waals surface area (Å²) >= 11 is 0. The van der Waals surface area contributed by atoms with Gasteiger partial charge < -0.3 is 9.47 Å². The first-order chi connectivity index (χ1) is 17.2. The van der Waals surface area contributed by atoms with Gasteiger partial charge >= 0.3 is 0 Å². The van der Waals surface area contributed by atoms with Crippen molar-refractivity contribution in [2.24, 2.45) is 0 Å². The van der Waals surface area contributed by atoms with E-state index in [0.29, 0.717) is 12.7 Å². The maximum atomic E-state index is 5.87. The van der Waals surface area contributed by atoms with Gasteiger partial charge in [0.05, 0.1) is 17.5 Å². The van der Waals surface area contributed by atoms with Crippen molar-refractivity contribution < 1.29 is 9.47 Å². The van der Waals surface area contributed by atoms with Gasteiger partial charge in [-0.05, 0) is 74.6 Å². The summed E-state index contributed by atoms with van der Waals surface area (Å²) in [5.41, 5.74) is 4.96. The number of benzene rings is 2. The molecule has 0 bridgehead atoms. The average molecular weight is 471 g/mol. The van der Waals surface area contributed by atoms with Crippen LogP contribution in [0.2, 0.25) is 0 Å². The number of hydrogen-bond donors (Lipinski definition) is 0. The molecule has 184 valence electrons. The largest absolute Gasteiger partial charge is 0.490 e. The van der Waals surface area contributed by atoms with Crippen molar-refractivity contribution in [1.82, 2.24) is 10.2 Å². The lowest BCUT2D eigenvalue weighted by atomic mass is 10.1. The number of hydrogen-bond acceptors (Lipinski definition) is 4. The van der Waals surface area contributed by atoms with Gasteiger partial charge in [-0.3, -0.25) is 0 Å². The summed E-state index contributed by atoms with van der Waals surface area (Å²) in [5, 5.41) is 8.86. The number of aromatic nitrogens is 2. The molecule has 35 heavy (non-hydrogen) atoms. The van der Waals surface area contributed by atoms with Gasteiger partial charge in [-0.1, -0.05) is 68.8 Å². The highest BCUT2D eigenvalue weighted by atomic mass is 16.5. The lowest BCUT2D eigenvalue weighted by Crippen LogP contribution is -2.08. The van der Waals surface area contributed by atoms with Crippen LogP contribution in [0.15, 0.2) is 79.4 Å². The average Bonchev–Trinajstić information content (AvgIpc) is 2.90. The van der Waals surface area contributed by atoms with Crippen molar-refractivity contribution >= 4 is 6.08 Å². The summed E-state index contributed by atoms with van der Waals surface area (Å²) in [6, 6.07) is 20.3. The van der Waals surface area contributed by atoms with Crippen LogP contribution in [0.1, 0.15) is 57.9 Å². The van der Waals surface area contributed by atoms with Gasteiger partial charge in [-0.15, -0.1) is 10.2 Å². The van der Waals surface area contributed by atoms with Crippen LogP contribution in [0, 0.1) is 0 Å². The highest BCUT2D eigenvalue weighted by molar-refractivity contribution is 5.65. The normalized spacial score (nSPS) is 12.1. The van der Waals surface area contributed by atoms with E-state index in [4.69, 9.17) is 9.47 Å². The van der Waals surface area contributed by atoms with Crippen molar-refractivity contribution in [3.05, 3.63) is 85.0 Å². The molecule has 3 aromatic rings. The Morgan fingerprint density at radius 2 is 1.51 bits per heavy atom. The minimum absolute atomic E-state index is 0.350. The van der Waals surface area contributed by atoms with Gasteiger partial charge in [-0.2, -0.15) is 0 Å². The zero-order valence-electron chi connectivity index (χ0n) is 21.2. The fraction of sp³-hybridized carbons (Fsp3) is 0.355. The number of unbranched alkanes of at least 4 members (excludes halogenated alkanes) is 3. The van der Waals surface area contributed by atoms with Crippen molar-refractivity contribution in [1.29, 1.82) is 0 Å². The molecule has 0 aliphatic carbocycles. The molecule has 1 aromatic heterocycles. The zero-order chi connectivity index (χ0) is 24.7. The Hall–Kier alpha value is -3.24. The molecule has 1 atom stereocenters. The third-order valence-electron chi connectivity index (χ3n) is 5.83. The molecule has 4 nitrogen and oxygen atoms in total. The highest BCUT2D eigenvalue weighted by Gasteiger charge is 2.05. The zero-order valence-corrected chi connectivity index (χ0v) is 21.2. The van der Waals surface area contributed by atoms with Gasteiger partial charge in [0.15, 0.2) is 0 Å². The van der Waals surface area contributed by atoms with E-state index in [1.54, 1.807) is 6.08 Å². The lowest BCUT2D eigenvalue weighted by Gasteiger charge is -2.11. The number of rotatable bonds is 15. The van der Waals surface area contributed by atoms with Crippen LogP contribution in [-0.4, -0.2) is 29.5 Å². The van der Waals surface area contributed by atoms with E-state index in [-0.39, 0.29) is 0 Å². The summed E-state index contributed by atoms with van der Waals surface area (Å²) in [6.07, 6.45) is 13.5. The second kappa shape index (κ2) is 14.9. The first-order valence-electron chi connectivity index (χ1n) is 12.8. The Bertz CT molecular complexity index is 1030. The molecule has 1 heterocycles. The molecule has 2 aromatic carbocycles. The predicted molar refractivity (Wildman–Crippen MR) is 146 cm³/mol. The molecule has 0 saturated carbocycles. The SMILES string of the molecule is C=CCOc1ccc(-c2ccc(-c3ccc(/C=C/CCCC(C)OCCCCC)cc3)nn2)cc1. The van der Waals surface area contributed by atoms with E-state index in [0.717, 1.165) is 54.1 Å². The van der Waals surface area contributed by atoms with Crippen LogP contribution in [0.5, 0.6) is 5.75 Å². The minimum Gasteiger partial charge on any atom is -0.490 e. The Labute approximate surface area is 210 Å². The van der Waals surface area contributed by atoms with Crippen molar-refractivity contribution in [3.63, 3.8) is 0 Å². The quantitative estimate of drug-likeness (QED) is 0.166. The fourth-order valence-electron chi connectivity index (χ4n) is 3.74. The first-order valence-corrected chi connectivity index (χ1v) is 12.8. The van der Waals surface area contributed by atoms with Gasteiger partial charge in [-0.25, -0.2) is 0 Å².